The summed E-state index contributed by atoms with van der Waals surface area (Å²) in [6.45, 7) is 7.38. The van der Waals surface area contributed by atoms with E-state index in [0.717, 1.165) is 95.8 Å². The molecule has 19 heteroatoms. The number of hydrogen-bond acceptors (Lipinski definition) is 15. The Bertz CT molecular complexity index is 1980. The summed E-state index contributed by atoms with van der Waals surface area (Å²) in [6.07, 6.45) is 70.7. The lowest BCUT2D eigenvalue weighted by atomic mass is 10.0. The minimum absolute atomic E-state index is 0.108. The molecule has 104 heavy (non-hydrogen) atoms. The molecule has 618 valence electrons. The molecule has 0 aliphatic rings. The van der Waals surface area contributed by atoms with Gasteiger partial charge in [0.25, 0.3) is 0 Å². The number of ether oxygens (including phenoxy) is 4. The van der Waals surface area contributed by atoms with Crippen molar-refractivity contribution in [1.29, 1.82) is 0 Å². The van der Waals surface area contributed by atoms with Crippen LogP contribution in [0.25, 0.3) is 0 Å². The van der Waals surface area contributed by atoms with E-state index in [2.05, 4.69) is 34.6 Å². The monoisotopic (exact) mass is 1520 g/mol. The molecule has 0 spiro atoms. The Morgan fingerprint density at radius 3 is 0.654 bits per heavy atom. The molecule has 0 amide bonds. The van der Waals surface area contributed by atoms with E-state index < -0.39 is 97.5 Å². The molecule has 5 atom stereocenters. The van der Waals surface area contributed by atoms with Crippen LogP contribution < -0.4 is 0 Å². The SMILES string of the molecule is CCCCCCCCCCCCCCCCCCCCCC(=O)O[C@H](COC(=O)CCCCCCCCCCCCCCCCCCC)COP(=O)(O)OC[C@@H](O)COP(=O)(O)OC[C@@H](COC(=O)CCCCCCCCCCCCCC)OC(=O)CCCCCCCCCCCCCCCC(C)C. The fraction of sp³-hybridized carbons (Fsp3) is 0.953. The Balaban J connectivity index is 5.26. The van der Waals surface area contributed by atoms with E-state index >= 15 is 0 Å². The number of rotatable bonds is 85. The second-order valence-corrected chi connectivity index (χ2v) is 34.0. The van der Waals surface area contributed by atoms with Gasteiger partial charge in [-0.15, -0.1) is 0 Å². The van der Waals surface area contributed by atoms with Crippen LogP contribution in [0.2, 0.25) is 0 Å². The summed E-state index contributed by atoms with van der Waals surface area (Å²) in [5.74, 6) is -1.31. The molecule has 0 rings (SSSR count). The number of unbranched alkanes of at least 4 members (excludes halogenated alkanes) is 57. The van der Waals surface area contributed by atoms with Crippen LogP contribution in [0.5, 0.6) is 0 Å². The maximum absolute atomic E-state index is 13.1. The molecule has 0 heterocycles. The molecule has 0 fully saturated rings. The van der Waals surface area contributed by atoms with Gasteiger partial charge in [-0.2, -0.15) is 0 Å². The number of phosphoric ester groups is 2. The number of aliphatic hydroxyl groups is 1. The third-order valence-electron chi connectivity index (χ3n) is 20.0. The maximum Gasteiger partial charge on any atom is 0.472 e. The highest BCUT2D eigenvalue weighted by atomic mass is 31.2. The molecular weight excluding hydrogens is 1350 g/mol. The molecule has 0 aliphatic carbocycles. The van der Waals surface area contributed by atoms with E-state index in [-0.39, 0.29) is 25.7 Å². The van der Waals surface area contributed by atoms with Crippen LogP contribution in [0.4, 0.5) is 0 Å². The molecule has 0 aromatic carbocycles. The lowest BCUT2D eigenvalue weighted by Gasteiger charge is -2.21. The molecule has 2 unspecified atom stereocenters. The number of hydrogen-bond donors (Lipinski definition) is 3. The standard InChI is InChI=1S/C85H166O17P2/c1-6-9-12-15-18-21-24-27-29-31-32-34-36-40-45-50-55-60-65-70-84(89)101-81(75-96-83(88)69-64-59-54-49-44-39-35-33-30-28-25-22-19-16-13-10-7-2)77-100-104(93,94)98-73-79(86)72-97-103(91,92)99-76-80(74-95-82(87)68-63-58-53-48-43-26-23-20-17-14-11-8-3)102-85(90)71-66-61-56-51-46-41-37-38-42-47-52-57-62-67-78(4)5/h78-81,86H,6-77H2,1-5H3,(H,91,92)(H,93,94)/t79-,80+,81+/m0/s1. The first kappa shape index (κ1) is 102. The van der Waals surface area contributed by atoms with Crippen LogP contribution in [0.3, 0.4) is 0 Å². The first-order valence-corrected chi connectivity index (χ1v) is 47.1. The van der Waals surface area contributed by atoms with E-state index in [0.29, 0.717) is 25.7 Å². The van der Waals surface area contributed by atoms with Gasteiger partial charge < -0.3 is 33.8 Å². The highest BCUT2D eigenvalue weighted by Crippen LogP contribution is 2.45. The number of aliphatic hydroxyl groups excluding tert-OH is 1. The summed E-state index contributed by atoms with van der Waals surface area (Å²) in [5.41, 5.74) is 0. The third-order valence-corrected chi connectivity index (χ3v) is 21.9. The van der Waals surface area contributed by atoms with Gasteiger partial charge in [-0.25, -0.2) is 9.13 Å². The fourth-order valence-corrected chi connectivity index (χ4v) is 14.9. The van der Waals surface area contributed by atoms with Crippen LogP contribution >= 0.6 is 15.6 Å². The van der Waals surface area contributed by atoms with Crippen molar-refractivity contribution in [2.45, 2.75) is 477 Å². The summed E-state index contributed by atoms with van der Waals surface area (Å²) in [4.78, 5) is 73.2. The third kappa shape index (κ3) is 78.2. The zero-order valence-electron chi connectivity index (χ0n) is 68.2. The van der Waals surface area contributed by atoms with E-state index in [1.807, 2.05) is 0 Å². The summed E-state index contributed by atoms with van der Waals surface area (Å²) in [5, 5.41) is 10.7. The summed E-state index contributed by atoms with van der Waals surface area (Å²) < 4.78 is 68.9. The molecule has 0 saturated carbocycles. The first-order valence-electron chi connectivity index (χ1n) is 44.1. The van der Waals surface area contributed by atoms with Gasteiger partial charge in [0, 0.05) is 25.7 Å². The van der Waals surface area contributed by atoms with Crippen LogP contribution in [0, 0.1) is 5.92 Å². The molecule has 0 aliphatic heterocycles. The molecule has 0 bridgehead atoms. The van der Waals surface area contributed by atoms with E-state index in [9.17, 15) is 43.2 Å². The molecule has 3 N–H and O–H groups in total. The lowest BCUT2D eigenvalue weighted by molar-refractivity contribution is -0.161. The van der Waals surface area contributed by atoms with Gasteiger partial charge in [0.15, 0.2) is 12.2 Å². The summed E-state index contributed by atoms with van der Waals surface area (Å²) in [6, 6.07) is 0. The molecule has 0 saturated heterocycles. The van der Waals surface area contributed by atoms with Crippen LogP contribution in [0.1, 0.15) is 458 Å². The van der Waals surface area contributed by atoms with E-state index in [1.165, 1.54) is 283 Å². The Kier molecular flexibility index (Phi) is 76.3. The quantitative estimate of drug-likeness (QED) is 0.0222. The highest BCUT2D eigenvalue weighted by molar-refractivity contribution is 7.47. The van der Waals surface area contributed by atoms with Crippen molar-refractivity contribution in [3.63, 3.8) is 0 Å². The van der Waals surface area contributed by atoms with Gasteiger partial charge in [0.2, 0.25) is 0 Å². The molecule has 17 nitrogen and oxygen atoms in total. The Morgan fingerprint density at radius 2 is 0.442 bits per heavy atom. The fourth-order valence-electron chi connectivity index (χ4n) is 13.3. The maximum atomic E-state index is 13.1. The number of carbonyl (C=O) groups is 4. The highest BCUT2D eigenvalue weighted by Gasteiger charge is 2.30. The second kappa shape index (κ2) is 77.8. The normalized spacial score (nSPS) is 13.8. The number of phosphoric acid groups is 2. The predicted molar refractivity (Wildman–Crippen MR) is 428 cm³/mol. The van der Waals surface area contributed by atoms with Crippen molar-refractivity contribution in [2.24, 2.45) is 5.92 Å². The van der Waals surface area contributed by atoms with Gasteiger partial charge in [0.05, 0.1) is 26.4 Å². The van der Waals surface area contributed by atoms with Crippen molar-refractivity contribution in [1.82, 2.24) is 0 Å². The largest absolute Gasteiger partial charge is 0.472 e. The minimum atomic E-state index is -4.96. The molecular formula is C85H166O17P2. The van der Waals surface area contributed by atoms with Crippen molar-refractivity contribution >= 4 is 39.5 Å². The van der Waals surface area contributed by atoms with Crippen molar-refractivity contribution in [3.05, 3.63) is 0 Å². The van der Waals surface area contributed by atoms with Crippen molar-refractivity contribution < 1.29 is 80.2 Å². The zero-order chi connectivity index (χ0) is 76.2. The van der Waals surface area contributed by atoms with Crippen molar-refractivity contribution in [2.75, 3.05) is 39.6 Å². The van der Waals surface area contributed by atoms with Gasteiger partial charge in [-0.3, -0.25) is 37.3 Å². The summed E-state index contributed by atoms with van der Waals surface area (Å²) in [7, 11) is -9.93. The summed E-state index contributed by atoms with van der Waals surface area (Å²) >= 11 is 0. The Morgan fingerprint density at radius 1 is 0.260 bits per heavy atom. The van der Waals surface area contributed by atoms with Gasteiger partial charge in [0.1, 0.15) is 19.3 Å². The topological polar surface area (TPSA) is 237 Å². The van der Waals surface area contributed by atoms with Crippen molar-refractivity contribution in [3.8, 4) is 0 Å². The van der Waals surface area contributed by atoms with Crippen LogP contribution in [0.15, 0.2) is 0 Å². The molecule has 0 radical (unpaired) electrons. The zero-order valence-corrected chi connectivity index (χ0v) is 70.0. The number of carbonyl (C=O) groups excluding carboxylic acids is 4. The van der Waals surface area contributed by atoms with Crippen LogP contribution in [-0.2, 0) is 65.4 Å². The van der Waals surface area contributed by atoms with Gasteiger partial charge >= 0.3 is 39.5 Å². The second-order valence-electron chi connectivity index (χ2n) is 31.1. The lowest BCUT2D eigenvalue weighted by Crippen LogP contribution is -2.30. The smallest absolute Gasteiger partial charge is 0.462 e. The predicted octanol–water partition coefficient (Wildman–Crippen LogP) is 26.0. The molecule has 0 aromatic heterocycles. The van der Waals surface area contributed by atoms with Gasteiger partial charge in [-0.05, 0) is 31.6 Å². The average Bonchev–Trinajstić information content (AvgIpc) is 0.931. The minimum Gasteiger partial charge on any atom is -0.462 e. The van der Waals surface area contributed by atoms with E-state index in [1.54, 1.807) is 0 Å². The Labute approximate surface area is 638 Å². The number of esters is 4. The first-order chi connectivity index (χ1) is 50.5. The molecule has 0 aromatic rings. The van der Waals surface area contributed by atoms with E-state index in [4.69, 9.17) is 37.0 Å². The Hall–Kier alpha value is -1.94. The van der Waals surface area contributed by atoms with Gasteiger partial charge in [-0.1, -0.05) is 407 Å². The van der Waals surface area contributed by atoms with Crippen LogP contribution in [-0.4, -0.2) is 96.7 Å². The average molecular weight is 1520 g/mol.